The number of hydrogen-bond donors (Lipinski definition) is 0. The Bertz CT molecular complexity index is 503. The number of esters is 2. The lowest BCUT2D eigenvalue weighted by molar-refractivity contribution is -0.140. The van der Waals surface area contributed by atoms with Crippen molar-refractivity contribution in [2.75, 3.05) is 0 Å². The van der Waals surface area contributed by atoms with Gasteiger partial charge in [-0.2, -0.15) is 0 Å². The van der Waals surface area contributed by atoms with E-state index in [4.69, 9.17) is 9.47 Å². The van der Waals surface area contributed by atoms with Gasteiger partial charge in [0.05, 0.1) is 0 Å². The average molecular weight is 276 g/mol. The van der Waals surface area contributed by atoms with Crippen LogP contribution in [0.3, 0.4) is 0 Å². The van der Waals surface area contributed by atoms with Crippen LogP contribution < -0.4 is 0 Å². The molecule has 1 saturated carbocycles. The van der Waals surface area contributed by atoms with Crippen molar-refractivity contribution in [2.24, 2.45) is 23.7 Å². The normalized spacial score (nSPS) is 34.7. The summed E-state index contributed by atoms with van der Waals surface area (Å²) in [6.45, 7) is 2.90. The lowest BCUT2D eigenvalue weighted by Crippen LogP contribution is -2.43. The number of ether oxygens (including phenoxy) is 2. The molecule has 0 saturated heterocycles. The third-order valence-corrected chi connectivity index (χ3v) is 4.69. The molecule has 4 aliphatic rings. The smallest absolute Gasteiger partial charge is 0.307 e. The number of hydrogen-bond acceptors (Lipinski definition) is 4. The Kier molecular flexibility index (Phi) is 3.40. The number of allylic oxidation sites excluding steroid dienone is 4. The van der Waals surface area contributed by atoms with Gasteiger partial charge in [0.25, 0.3) is 0 Å². The molecule has 0 aromatic rings. The molecule has 4 heteroatoms. The molecule has 0 heterocycles. The van der Waals surface area contributed by atoms with Gasteiger partial charge in [-0.15, -0.1) is 0 Å². The molecule has 0 N–H and O–H groups in total. The van der Waals surface area contributed by atoms with Crippen LogP contribution in [0.25, 0.3) is 0 Å². The van der Waals surface area contributed by atoms with Gasteiger partial charge in [-0.3, -0.25) is 9.59 Å². The second-order valence-corrected chi connectivity index (χ2v) is 5.98. The maximum atomic E-state index is 11.3. The van der Waals surface area contributed by atoms with E-state index in [1.54, 1.807) is 0 Å². The summed E-state index contributed by atoms with van der Waals surface area (Å²) in [5, 5.41) is 0. The monoisotopic (exact) mass is 276 g/mol. The molecule has 20 heavy (non-hydrogen) atoms. The third kappa shape index (κ3) is 2.28. The van der Waals surface area contributed by atoms with E-state index in [2.05, 4.69) is 12.2 Å². The van der Waals surface area contributed by atoms with Crippen molar-refractivity contribution in [1.82, 2.24) is 0 Å². The van der Waals surface area contributed by atoms with Gasteiger partial charge in [0.2, 0.25) is 0 Å². The van der Waals surface area contributed by atoms with E-state index in [0.29, 0.717) is 17.8 Å². The predicted octanol–water partition coefficient (Wildman–Crippen LogP) is 2.95. The Labute approximate surface area is 118 Å². The van der Waals surface area contributed by atoms with Crippen molar-refractivity contribution >= 4 is 11.9 Å². The highest BCUT2D eigenvalue weighted by molar-refractivity contribution is 5.68. The van der Waals surface area contributed by atoms with Crippen molar-refractivity contribution in [1.29, 1.82) is 0 Å². The van der Waals surface area contributed by atoms with E-state index >= 15 is 0 Å². The van der Waals surface area contributed by atoms with E-state index in [1.807, 2.05) is 0 Å². The van der Waals surface area contributed by atoms with Crippen LogP contribution in [0.5, 0.6) is 0 Å². The van der Waals surface area contributed by atoms with Gasteiger partial charge in [-0.1, -0.05) is 0 Å². The molecule has 0 amide bonds. The van der Waals surface area contributed by atoms with Gasteiger partial charge < -0.3 is 9.47 Å². The lowest BCUT2D eigenvalue weighted by Gasteiger charge is -2.48. The molecular formula is C16H20O4. The highest BCUT2D eigenvalue weighted by Crippen LogP contribution is 2.54. The van der Waals surface area contributed by atoms with Crippen molar-refractivity contribution in [3.63, 3.8) is 0 Å². The fourth-order valence-corrected chi connectivity index (χ4v) is 4.12. The van der Waals surface area contributed by atoms with E-state index in [1.165, 1.54) is 13.8 Å². The summed E-state index contributed by atoms with van der Waals surface area (Å²) in [6.07, 6.45) is 8.30. The number of rotatable bonds is 2. The van der Waals surface area contributed by atoms with Gasteiger partial charge in [-0.05, 0) is 49.7 Å². The van der Waals surface area contributed by atoms with Crippen LogP contribution in [0.2, 0.25) is 0 Å². The summed E-state index contributed by atoms with van der Waals surface area (Å²) >= 11 is 0. The summed E-state index contributed by atoms with van der Waals surface area (Å²) in [5.41, 5.74) is 0. The Morgan fingerprint density at radius 3 is 2.45 bits per heavy atom. The number of carbonyl (C=O) groups excluding carboxylic acids is 2. The summed E-state index contributed by atoms with van der Waals surface area (Å²) in [5.74, 6) is 2.53. The molecule has 0 radical (unpaired) electrons. The minimum absolute atomic E-state index is 0.244. The standard InChI is InChI=1S/C16H20O4/c1-9(17)19-14-5-3-4-13-12-7-6-11(16(13)14)8-15(12)20-10(2)18/h5,8,11-13,16H,3-4,6-7H2,1-2H3. The zero-order valence-electron chi connectivity index (χ0n) is 11.9. The fourth-order valence-electron chi connectivity index (χ4n) is 4.12. The highest BCUT2D eigenvalue weighted by Gasteiger charge is 2.48. The summed E-state index contributed by atoms with van der Waals surface area (Å²) in [4.78, 5) is 22.5. The average Bonchev–Trinajstić information content (AvgIpc) is 2.38. The van der Waals surface area contributed by atoms with Crippen molar-refractivity contribution in [3.05, 3.63) is 23.7 Å². The molecule has 0 aromatic heterocycles. The molecule has 4 unspecified atom stereocenters. The summed E-state index contributed by atoms with van der Waals surface area (Å²) in [6, 6.07) is 0. The molecule has 0 aliphatic heterocycles. The van der Waals surface area contributed by atoms with Crippen molar-refractivity contribution < 1.29 is 19.1 Å². The highest BCUT2D eigenvalue weighted by atomic mass is 16.5. The Morgan fingerprint density at radius 1 is 1.05 bits per heavy atom. The van der Waals surface area contributed by atoms with Gasteiger partial charge >= 0.3 is 11.9 Å². The predicted molar refractivity (Wildman–Crippen MR) is 72.1 cm³/mol. The van der Waals surface area contributed by atoms with Crippen molar-refractivity contribution in [3.8, 4) is 0 Å². The van der Waals surface area contributed by atoms with E-state index in [0.717, 1.165) is 37.2 Å². The summed E-state index contributed by atoms with van der Waals surface area (Å²) in [7, 11) is 0. The Morgan fingerprint density at radius 2 is 1.75 bits per heavy atom. The lowest BCUT2D eigenvalue weighted by atomic mass is 9.58. The molecule has 0 aromatic carbocycles. The van der Waals surface area contributed by atoms with E-state index in [9.17, 15) is 9.59 Å². The van der Waals surface area contributed by atoms with Gasteiger partial charge in [0, 0.05) is 25.7 Å². The minimum Gasteiger partial charge on any atom is -0.431 e. The maximum absolute atomic E-state index is 11.3. The molecule has 4 aliphatic carbocycles. The largest absolute Gasteiger partial charge is 0.431 e. The SMILES string of the molecule is CC(=O)OC1=CC2CCC1C1CCC=C(OC(C)=O)C21. The Balaban J connectivity index is 1.88. The molecule has 0 spiro atoms. The number of fused-ring (bicyclic) bond motifs is 1. The molecule has 4 rings (SSSR count). The molecular weight excluding hydrogens is 256 g/mol. The van der Waals surface area contributed by atoms with Crippen LogP contribution in [0.4, 0.5) is 0 Å². The second kappa shape index (κ2) is 5.08. The second-order valence-electron chi connectivity index (χ2n) is 5.98. The third-order valence-electron chi connectivity index (χ3n) is 4.69. The first-order chi connectivity index (χ1) is 9.56. The first-order valence-corrected chi connectivity index (χ1v) is 7.35. The van der Waals surface area contributed by atoms with Gasteiger partial charge in [0.1, 0.15) is 11.5 Å². The van der Waals surface area contributed by atoms with Gasteiger partial charge in [-0.25, -0.2) is 0 Å². The molecule has 4 nitrogen and oxygen atoms in total. The Hall–Kier alpha value is -1.58. The van der Waals surface area contributed by atoms with Crippen LogP contribution >= 0.6 is 0 Å². The van der Waals surface area contributed by atoms with Crippen LogP contribution in [0.1, 0.15) is 39.5 Å². The first kappa shape index (κ1) is 13.4. The first-order valence-electron chi connectivity index (χ1n) is 7.35. The van der Waals surface area contributed by atoms with Crippen LogP contribution in [0.15, 0.2) is 23.7 Å². The molecule has 4 atom stereocenters. The molecule has 1 fully saturated rings. The zero-order chi connectivity index (χ0) is 14.3. The van der Waals surface area contributed by atoms with Crippen LogP contribution in [-0.2, 0) is 19.1 Å². The van der Waals surface area contributed by atoms with Crippen LogP contribution in [-0.4, -0.2) is 11.9 Å². The maximum Gasteiger partial charge on any atom is 0.307 e. The van der Waals surface area contributed by atoms with E-state index in [-0.39, 0.29) is 17.9 Å². The zero-order valence-corrected chi connectivity index (χ0v) is 11.9. The molecule has 2 bridgehead atoms. The topological polar surface area (TPSA) is 52.6 Å². The van der Waals surface area contributed by atoms with E-state index < -0.39 is 0 Å². The number of carbonyl (C=O) groups is 2. The summed E-state index contributed by atoms with van der Waals surface area (Å²) < 4.78 is 10.8. The molecule has 108 valence electrons. The minimum atomic E-state index is -0.248. The van der Waals surface area contributed by atoms with Crippen LogP contribution in [0, 0.1) is 23.7 Å². The quantitative estimate of drug-likeness (QED) is 0.728. The van der Waals surface area contributed by atoms with Gasteiger partial charge in [0.15, 0.2) is 0 Å². The van der Waals surface area contributed by atoms with Crippen molar-refractivity contribution in [2.45, 2.75) is 39.5 Å². The fraction of sp³-hybridized carbons (Fsp3) is 0.625.